The first kappa shape index (κ1) is 13.5. The van der Waals surface area contributed by atoms with Crippen LogP contribution in [0.1, 0.15) is 47.0 Å². The first-order valence-corrected chi connectivity index (χ1v) is 6.12. The van der Waals surface area contributed by atoms with Crippen molar-refractivity contribution in [3.63, 3.8) is 0 Å². The van der Waals surface area contributed by atoms with Gasteiger partial charge in [-0.2, -0.15) is 5.26 Å². The van der Waals surface area contributed by atoms with Gasteiger partial charge in [-0.05, 0) is 39.7 Å². The average Bonchev–Trinajstić information content (AvgIpc) is 2.22. The Morgan fingerprint density at radius 1 is 1.50 bits per heavy atom. The molecule has 92 valence electrons. The summed E-state index contributed by atoms with van der Waals surface area (Å²) in [5.41, 5.74) is -0.207. The largest absolute Gasteiger partial charge is 0.392 e. The molecule has 0 aromatic rings. The van der Waals surface area contributed by atoms with Crippen LogP contribution in [0.15, 0.2) is 0 Å². The molecule has 3 nitrogen and oxygen atoms in total. The van der Waals surface area contributed by atoms with Gasteiger partial charge in [0.2, 0.25) is 0 Å². The highest BCUT2D eigenvalue weighted by Gasteiger charge is 2.46. The van der Waals surface area contributed by atoms with E-state index in [1.54, 1.807) is 0 Å². The third kappa shape index (κ3) is 2.96. The van der Waals surface area contributed by atoms with Gasteiger partial charge in [-0.25, -0.2) is 0 Å². The fourth-order valence-corrected chi connectivity index (χ4v) is 2.11. The lowest BCUT2D eigenvalue weighted by Gasteiger charge is -2.49. The number of aliphatic hydroxyl groups is 1. The van der Waals surface area contributed by atoms with Gasteiger partial charge in [-0.1, -0.05) is 13.8 Å². The number of aliphatic hydroxyl groups excluding tert-OH is 1. The van der Waals surface area contributed by atoms with Crippen LogP contribution in [-0.2, 0) is 0 Å². The standard InChI is InChI=1S/C13H24N2O/c1-12(2,9-14)6-5-7-15-10-8-11(16)13(10,3)4/h10-11,15-16H,5-8H2,1-4H3. The Kier molecular flexibility index (Phi) is 3.98. The number of hydrogen-bond donors (Lipinski definition) is 2. The quantitative estimate of drug-likeness (QED) is 0.703. The van der Waals surface area contributed by atoms with Gasteiger partial charge in [0.1, 0.15) is 0 Å². The summed E-state index contributed by atoms with van der Waals surface area (Å²) in [6.07, 6.45) is 2.63. The molecule has 1 fully saturated rings. The summed E-state index contributed by atoms with van der Waals surface area (Å²) >= 11 is 0. The smallest absolute Gasteiger partial charge is 0.0683 e. The van der Waals surface area contributed by atoms with Gasteiger partial charge < -0.3 is 10.4 Å². The molecule has 1 rings (SSSR count). The molecule has 0 bridgehead atoms. The summed E-state index contributed by atoms with van der Waals surface area (Å²) in [7, 11) is 0. The second-order valence-corrected chi connectivity index (χ2v) is 6.18. The lowest BCUT2D eigenvalue weighted by Crippen LogP contribution is -2.60. The van der Waals surface area contributed by atoms with Crippen molar-refractivity contribution in [3.8, 4) is 6.07 Å². The Morgan fingerprint density at radius 2 is 2.12 bits per heavy atom. The second kappa shape index (κ2) is 4.73. The predicted octanol–water partition coefficient (Wildman–Crippen LogP) is 2.07. The van der Waals surface area contributed by atoms with E-state index in [9.17, 15) is 5.11 Å². The molecule has 0 radical (unpaired) electrons. The number of nitrogens with zero attached hydrogens (tertiary/aromatic N) is 1. The second-order valence-electron chi connectivity index (χ2n) is 6.18. The minimum atomic E-state index is -0.212. The summed E-state index contributed by atoms with van der Waals surface area (Å²) in [4.78, 5) is 0. The molecule has 0 aliphatic heterocycles. The van der Waals surface area contributed by atoms with Crippen molar-refractivity contribution >= 4 is 0 Å². The van der Waals surface area contributed by atoms with Crippen molar-refractivity contribution in [2.24, 2.45) is 10.8 Å². The average molecular weight is 224 g/mol. The SMILES string of the molecule is CC(C)(C#N)CCCNC1CC(O)C1(C)C. The molecule has 0 saturated heterocycles. The van der Waals surface area contributed by atoms with Crippen LogP contribution in [0, 0.1) is 22.2 Å². The van der Waals surface area contributed by atoms with Crippen LogP contribution in [0.2, 0.25) is 0 Å². The van der Waals surface area contributed by atoms with Crippen LogP contribution < -0.4 is 5.32 Å². The van der Waals surface area contributed by atoms with E-state index < -0.39 is 0 Å². The van der Waals surface area contributed by atoms with Gasteiger partial charge in [-0.3, -0.25) is 0 Å². The third-order valence-corrected chi connectivity index (χ3v) is 3.89. The maximum absolute atomic E-state index is 9.59. The molecular formula is C13H24N2O. The van der Waals surface area contributed by atoms with Crippen molar-refractivity contribution in [2.45, 2.75) is 59.1 Å². The molecular weight excluding hydrogens is 200 g/mol. The van der Waals surface area contributed by atoms with Gasteiger partial charge in [-0.15, -0.1) is 0 Å². The Morgan fingerprint density at radius 3 is 2.56 bits per heavy atom. The third-order valence-electron chi connectivity index (χ3n) is 3.89. The van der Waals surface area contributed by atoms with E-state index >= 15 is 0 Å². The highest BCUT2D eigenvalue weighted by atomic mass is 16.3. The van der Waals surface area contributed by atoms with Crippen LogP contribution in [0.25, 0.3) is 0 Å². The first-order valence-electron chi connectivity index (χ1n) is 6.12. The molecule has 0 aromatic carbocycles. The fourth-order valence-electron chi connectivity index (χ4n) is 2.11. The van der Waals surface area contributed by atoms with Crippen LogP contribution in [0.3, 0.4) is 0 Å². The van der Waals surface area contributed by atoms with E-state index in [1.807, 2.05) is 13.8 Å². The van der Waals surface area contributed by atoms with Gasteiger partial charge in [0.15, 0.2) is 0 Å². The van der Waals surface area contributed by atoms with Crippen LogP contribution in [-0.4, -0.2) is 23.8 Å². The van der Waals surface area contributed by atoms with E-state index in [4.69, 9.17) is 5.26 Å². The summed E-state index contributed by atoms with van der Waals surface area (Å²) < 4.78 is 0. The first-order chi connectivity index (χ1) is 7.29. The van der Waals surface area contributed by atoms with Crippen molar-refractivity contribution in [3.05, 3.63) is 0 Å². The van der Waals surface area contributed by atoms with Crippen molar-refractivity contribution < 1.29 is 5.11 Å². The monoisotopic (exact) mass is 224 g/mol. The number of hydrogen-bond acceptors (Lipinski definition) is 3. The number of rotatable bonds is 5. The Labute approximate surface area is 98.8 Å². The van der Waals surface area contributed by atoms with Gasteiger partial charge >= 0.3 is 0 Å². The Balaban J connectivity index is 2.17. The van der Waals surface area contributed by atoms with Crippen LogP contribution in [0.4, 0.5) is 0 Å². The predicted molar refractivity (Wildman–Crippen MR) is 64.8 cm³/mol. The zero-order valence-electron chi connectivity index (χ0n) is 10.9. The molecule has 2 N–H and O–H groups in total. The Hall–Kier alpha value is -0.590. The van der Waals surface area contributed by atoms with Gasteiger partial charge in [0, 0.05) is 11.5 Å². The zero-order chi connectivity index (χ0) is 12.4. The van der Waals surface area contributed by atoms with Crippen molar-refractivity contribution in [2.75, 3.05) is 6.54 Å². The lowest BCUT2D eigenvalue weighted by molar-refractivity contribution is -0.0723. The Bertz CT molecular complexity index is 278. The molecule has 1 aliphatic carbocycles. The molecule has 2 atom stereocenters. The summed E-state index contributed by atoms with van der Waals surface area (Å²) in [5.74, 6) is 0. The summed E-state index contributed by atoms with van der Waals surface area (Å²) in [5, 5.41) is 21.9. The highest BCUT2D eigenvalue weighted by Crippen LogP contribution is 2.40. The summed E-state index contributed by atoms with van der Waals surface area (Å²) in [6, 6.07) is 2.74. The van der Waals surface area contributed by atoms with E-state index in [-0.39, 0.29) is 16.9 Å². The molecule has 0 spiro atoms. The highest BCUT2D eigenvalue weighted by molar-refractivity contribution is 5.01. The molecule has 0 heterocycles. The maximum atomic E-state index is 9.59. The molecule has 1 aliphatic rings. The molecule has 2 unspecified atom stereocenters. The van der Waals surface area contributed by atoms with E-state index in [0.29, 0.717) is 6.04 Å². The lowest BCUT2D eigenvalue weighted by atomic mass is 9.64. The minimum absolute atomic E-state index is 0.00471. The fraction of sp³-hybridized carbons (Fsp3) is 0.923. The molecule has 1 saturated carbocycles. The van der Waals surface area contributed by atoms with Gasteiger partial charge in [0.05, 0.1) is 17.6 Å². The van der Waals surface area contributed by atoms with E-state index in [0.717, 1.165) is 25.8 Å². The van der Waals surface area contributed by atoms with Crippen molar-refractivity contribution in [1.29, 1.82) is 5.26 Å². The topological polar surface area (TPSA) is 56.0 Å². The molecule has 16 heavy (non-hydrogen) atoms. The normalized spacial score (nSPS) is 28.2. The minimum Gasteiger partial charge on any atom is -0.392 e. The van der Waals surface area contributed by atoms with E-state index in [1.165, 1.54) is 0 Å². The summed E-state index contributed by atoms with van der Waals surface area (Å²) in [6.45, 7) is 9.08. The van der Waals surface area contributed by atoms with Crippen LogP contribution >= 0.6 is 0 Å². The number of nitriles is 1. The zero-order valence-corrected chi connectivity index (χ0v) is 10.9. The molecule has 0 aromatic heterocycles. The van der Waals surface area contributed by atoms with Crippen LogP contribution in [0.5, 0.6) is 0 Å². The van der Waals surface area contributed by atoms with Crippen molar-refractivity contribution in [1.82, 2.24) is 5.32 Å². The molecule has 3 heteroatoms. The molecule has 0 amide bonds. The maximum Gasteiger partial charge on any atom is 0.0683 e. The van der Waals surface area contributed by atoms with E-state index in [2.05, 4.69) is 25.2 Å². The number of nitrogens with one attached hydrogen (secondary N) is 1. The van der Waals surface area contributed by atoms with Gasteiger partial charge in [0.25, 0.3) is 0 Å².